The van der Waals surface area contributed by atoms with Crippen LogP contribution in [0.2, 0.25) is 0 Å². The van der Waals surface area contributed by atoms with Crippen LogP contribution in [-0.2, 0) is 16.0 Å². The zero-order valence-corrected chi connectivity index (χ0v) is 9.21. The van der Waals surface area contributed by atoms with E-state index in [2.05, 4.69) is 0 Å². The molecule has 0 bridgehead atoms. The zero-order chi connectivity index (χ0) is 9.68. The molecular formula is C11H15ClO2. The van der Waals surface area contributed by atoms with Crippen molar-refractivity contribution in [3.8, 4) is 0 Å². The molecule has 1 aromatic carbocycles. The number of carbonyl (C=O) groups is 1. The van der Waals surface area contributed by atoms with Crippen molar-refractivity contribution in [3.05, 3.63) is 35.9 Å². The van der Waals surface area contributed by atoms with Crippen LogP contribution in [0.1, 0.15) is 19.4 Å². The Morgan fingerprint density at radius 2 is 1.86 bits per heavy atom. The van der Waals surface area contributed by atoms with Crippen LogP contribution in [-0.4, -0.2) is 12.1 Å². The second-order valence-corrected chi connectivity index (χ2v) is 3.20. The SMILES string of the molecule is CC(C)OC(=O)Cc1ccccc1.Cl. The highest BCUT2D eigenvalue weighted by Crippen LogP contribution is 2.01. The molecule has 0 radical (unpaired) electrons. The van der Waals surface area contributed by atoms with Crippen LogP contribution in [0.3, 0.4) is 0 Å². The summed E-state index contributed by atoms with van der Waals surface area (Å²) in [5.74, 6) is -0.166. The molecule has 14 heavy (non-hydrogen) atoms. The van der Waals surface area contributed by atoms with Crippen molar-refractivity contribution >= 4 is 18.4 Å². The predicted octanol–water partition coefficient (Wildman–Crippen LogP) is 2.60. The van der Waals surface area contributed by atoms with Gasteiger partial charge in [0.2, 0.25) is 0 Å². The van der Waals surface area contributed by atoms with Crippen molar-refractivity contribution < 1.29 is 9.53 Å². The van der Waals surface area contributed by atoms with E-state index in [0.29, 0.717) is 6.42 Å². The number of rotatable bonds is 3. The average molecular weight is 215 g/mol. The normalized spacial score (nSPS) is 9.36. The molecule has 0 unspecified atom stereocenters. The summed E-state index contributed by atoms with van der Waals surface area (Å²) in [6, 6.07) is 9.59. The highest BCUT2D eigenvalue weighted by molar-refractivity contribution is 5.85. The van der Waals surface area contributed by atoms with E-state index in [-0.39, 0.29) is 24.5 Å². The highest BCUT2D eigenvalue weighted by Gasteiger charge is 2.05. The van der Waals surface area contributed by atoms with E-state index in [9.17, 15) is 4.79 Å². The summed E-state index contributed by atoms with van der Waals surface area (Å²) in [7, 11) is 0. The molecule has 1 aromatic rings. The second kappa shape index (κ2) is 6.44. The molecule has 1 rings (SSSR count). The van der Waals surface area contributed by atoms with Gasteiger partial charge in [-0.15, -0.1) is 12.4 Å². The van der Waals surface area contributed by atoms with Crippen LogP contribution in [0.4, 0.5) is 0 Å². The van der Waals surface area contributed by atoms with Crippen LogP contribution in [0.15, 0.2) is 30.3 Å². The molecule has 0 N–H and O–H groups in total. The topological polar surface area (TPSA) is 26.3 Å². The van der Waals surface area contributed by atoms with Crippen LogP contribution >= 0.6 is 12.4 Å². The monoisotopic (exact) mass is 214 g/mol. The fraction of sp³-hybridized carbons (Fsp3) is 0.364. The van der Waals surface area contributed by atoms with E-state index in [1.54, 1.807) is 0 Å². The molecule has 0 amide bonds. The van der Waals surface area contributed by atoms with Gasteiger partial charge in [0, 0.05) is 0 Å². The molecule has 0 fully saturated rings. The first-order chi connectivity index (χ1) is 6.18. The van der Waals surface area contributed by atoms with E-state index in [4.69, 9.17) is 4.74 Å². The smallest absolute Gasteiger partial charge is 0.310 e. The van der Waals surface area contributed by atoms with Crippen LogP contribution in [0.25, 0.3) is 0 Å². The fourth-order valence-electron chi connectivity index (χ4n) is 1.07. The van der Waals surface area contributed by atoms with Gasteiger partial charge in [0.15, 0.2) is 0 Å². The van der Waals surface area contributed by atoms with E-state index < -0.39 is 0 Å². The van der Waals surface area contributed by atoms with Gasteiger partial charge in [0.05, 0.1) is 12.5 Å². The number of hydrogen-bond donors (Lipinski definition) is 0. The molecule has 0 aliphatic rings. The van der Waals surface area contributed by atoms with Gasteiger partial charge in [0.25, 0.3) is 0 Å². The Labute approximate surface area is 90.7 Å². The zero-order valence-electron chi connectivity index (χ0n) is 8.40. The third-order valence-corrected chi connectivity index (χ3v) is 1.56. The lowest BCUT2D eigenvalue weighted by atomic mass is 10.2. The minimum absolute atomic E-state index is 0. The number of esters is 1. The van der Waals surface area contributed by atoms with E-state index in [0.717, 1.165) is 5.56 Å². The summed E-state index contributed by atoms with van der Waals surface area (Å²) >= 11 is 0. The number of benzene rings is 1. The van der Waals surface area contributed by atoms with Crippen molar-refractivity contribution in [2.45, 2.75) is 26.4 Å². The predicted molar refractivity (Wildman–Crippen MR) is 58.6 cm³/mol. The van der Waals surface area contributed by atoms with Gasteiger partial charge < -0.3 is 4.74 Å². The molecule has 0 aromatic heterocycles. The van der Waals surface area contributed by atoms with Crippen molar-refractivity contribution in [3.63, 3.8) is 0 Å². The van der Waals surface area contributed by atoms with Crippen LogP contribution < -0.4 is 0 Å². The van der Waals surface area contributed by atoms with Gasteiger partial charge in [0.1, 0.15) is 0 Å². The summed E-state index contributed by atoms with van der Waals surface area (Å²) in [5, 5.41) is 0. The Hall–Kier alpha value is -1.02. The van der Waals surface area contributed by atoms with E-state index in [1.165, 1.54) is 0 Å². The number of carbonyl (C=O) groups excluding carboxylic acids is 1. The average Bonchev–Trinajstić information content (AvgIpc) is 2.04. The first-order valence-corrected chi connectivity index (χ1v) is 4.42. The maximum atomic E-state index is 11.2. The van der Waals surface area contributed by atoms with Crippen LogP contribution in [0.5, 0.6) is 0 Å². The van der Waals surface area contributed by atoms with Crippen molar-refractivity contribution in [2.75, 3.05) is 0 Å². The second-order valence-electron chi connectivity index (χ2n) is 3.20. The Morgan fingerprint density at radius 3 is 2.36 bits per heavy atom. The van der Waals surface area contributed by atoms with Crippen molar-refractivity contribution in [1.82, 2.24) is 0 Å². The summed E-state index contributed by atoms with van der Waals surface area (Å²) in [5.41, 5.74) is 0.994. The molecule has 0 heterocycles. The molecule has 0 spiro atoms. The minimum atomic E-state index is -0.166. The molecule has 0 saturated heterocycles. The Morgan fingerprint density at radius 1 is 1.29 bits per heavy atom. The fourth-order valence-corrected chi connectivity index (χ4v) is 1.07. The van der Waals surface area contributed by atoms with E-state index in [1.807, 2.05) is 44.2 Å². The van der Waals surface area contributed by atoms with Crippen LogP contribution in [0, 0.1) is 0 Å². The van der Waals surface area contributed by atoms with Gasteiger partial charge >= 0.3 is 5.97 Å². The largest absolute Gasteiger partial charge is 0.463 e. The van der Waals surface area contributed by atoms with Crippen molar-refractivity contribution in [1.29, 1.82) is 0 Å². The third kappa shape index (κ3) is 4.87. The Bertz CT molecular complexity index is 270. The third-order valence-electron chi connectivity index (χ3n) is 1.56. The minimum Gasteiger partial charge on any atom is -0.463 e. The van der Waals surface area contributed by atoms with Gasteiger partial charge in [-0.2, -0.15) is 0 Å². The molecule has 0 atom stereocenters. The lowest BCUT2D eigenvalue weighted by Crippen LogP contribution is -2.13. The highest BCUT2D eigenvalue weighted by atomic mass is 35.5. The Balaban J connectivity index is 0.00000169. The standard InChI is InChI=1S/C11H14O2.ClH/c1-9(2)13-11(12)8-10-6-4-3-5-7-10;/h3-7,9H,8H2,1-2H3;1H. The summed E-state index contributed by atoms with van der Waals surface area (Å²) in [6.07, 6.45) is 0.329. The molecule has 0 saturated carbocycles. The summed E-state index contributed by atoms with van der Waals surface area (Å²) in [6.45, 7) is 3.70. The van der Waals surface area contributed by atoms with Gasteiger partial charge in [-0.25, -0.2) is 0 Å². The van der Waals surface area contributed by atoms with Crippen molar-refractivity contribution in [2.24, 2.45) is 0 Å². The quantitative estimate of drug-likeness (QED) is 0.723. The number of ether oxygens (including phenoxy) is 1. The van der Waals surface area contributed by atoms with E-state index >= 15 is 0 Å². The molecular weight excluding hydrogens is 200 g/mol. The first kappa shape index (κ1) is 13.0. The molecule has 0 aliphatic carbocycles. The molecule has 0 aliphatic heterocycles. The van der Waals surface area contributed by atoms with Gasteiger partial charge in [-0.05, 0) is 19.4 Å². The molecule has 3 heteroatoms. The first-order valence-electron chi connectivity index (χ1n) is 4.42. The molecule has 2 nitrogen and oxygen atoms in total. The number of hydrogen-bond acceptors (Lipinski definition) is 2. The molecule has 78 valence electrons. The summed E-state index contributed by atoms with van der Waals surface area (Å²) in [4.78, 5) is 11.2. The maximum Gasteiger partial charge on any atom is 0.310 e. The lowest BCUT2D eigenvalue weighted by molar-refractivity contribution is -0.146. The summed E-state index contributed by atoms with van der Waals surface area (Å²) < 4.78 is 5.02. The van der Waals surface area contributed by atoms with Gasteiger partial charge in [-0.1, -0.05) is 30.3 Å². The number of halogens is 1. The lowest BCUT2D eigenvalue weighted by Gasteiger charge is -2.07. The maximum absolute atomic E-state index is 11.2. The Kier molecular flexibility index (Phi) is 5.97. The van der Waals surface area contributed by atoms with Gasteiger partial charge in [-0.3, -0.25) is 4.79 Å².